The lowest BCUT2D eigenvalue weighted by Gasteiger charge is -2.33. The van der Waals surface area contributed by atoms with Gasteiger partial charge in [0, 0.05) is 16.3 Å². The molecule has 2 nitrogen and oxygen atoms in total. The third-order valence-corrected chi connectivity index (χ3v) is 4.59. The summed E-state index contributed by atoms with van der Waals surface area (Å²) in [5, 5.41) is 0.714. The van der Waals surface area contributed by atoms with Gasteiger partial charge in [0.2, 0.25) is 0 Å². The van der Waals surface area contributed by atoms with Gasteiger partial charge in [0.05, 0.1) is 31.7 Å². The molecule has 1 N–H and O–H groups in total. The molecule has 128 valence electrons. The van der Waals surface area contributed by atoms with Crippen LogP contribution >= 0.6 is 11.6 Å². The van der Waals surface area contributed by atoms with Crippen molar-refractivity contribution in [1.82, 2.24) is 0 Å². The number of anilines is 1. The number of piperazine rings is 1. The Labute approximate surface area is 144 Å². The SMILES string of the molecule is FC(F)(F)c1cccc(C[NH+]2CCN(c3cccc(Cl)c3)CC2)c1. The molecule has 3 rings (SSSR count). The average molecular weight is 356 g/mol. The molecule has 0 spiro atoms. The minimum atomic E-state index is -4.28. The summed E-state index contributed by atoms with van der Waals surface area (Å²) >= 11 is 6.03. The van der Waals surface area contributed by atoms with E-state index in [0.717, 1.165) is 43.5 Å². The molecule has 1 fully saturated rings. The standard InChI is InChI=1S/C18H18ClF3N2/c19-16-5-2-6-17(12-16)24-9-7-23(8-10-24)13-14-3-1-4-15(11-14)18(20,21)22/h1-6,11-12H,7-10,13H2/p+1. The van der Waals surface area contributed by atoms with Gasteiger partial charge in [0.1, 0.15) is 6.54 Å². The topological polar surface area (TPSA) is 7.68 Å². The van der Waals surface area contributed by atoms with Crippen molar-refractivity contribution < 1.29 is 18.1 Å². The highest BCUT2D eigenvalue weighted by atomic mass is 35.5. The maximum absolute atomic E-state index is 12.8. The first-order valence-electron chi connectivity index (χ1n) is 7.92. The van der Waals surface area contributed by atoms with Crippen LogP contribution in [-0.2, 0) is 12.7 Å². The number of hydrogen-bond donors (Lipinski definition) is 1. The number of nitrogens with one attached hydrogen (secondary N) is 1. The molecule has 1 heterocycles. The van der Waals surface area contributed by atoms with Crippen LogP contribution in [0.4, 0.5) is 18.9 Å². The number of quaternary nitrogens is 1. The van der Waals surface area contributed by atoms with Gasteiger partial charge < -0.3 is 9.80 Å². The van der Waals surface area contributed by atoms with Crippen LogP contribution in [0.3, 0.4) is 0 Å². The summed E-state index contributed by atoms with van der Waals surface area (Å²) in [6.07, 6.45) is -4.28. The van der Waals surface area contributed by atoms with Crippen molar-refractivity contribution in [3.8, 4) is 0 Å². The summed E-state index contributed by atoms with van der Waals surface area (Å²) < 4.78 is 38.4. The fraction of sp³-hybridized carbons (Fsp3) is 0.333. The predicted molar refractivity (Wildman–Crippen MR) is 89.5 cm³/mol. The van der Waals surface area contributed by atoms with Gasteiger partial charge in [0.25, 0.3) is 0 Å². The third-order valence-electron chi connectivity index (χ3n) is 4.35. The molecular formula is C18H19ClF3N2+. The molecule has 0 bridgehead atoms. The second-order valence-corrected chi connectivity index (χ2v) is 6.53. The van der Waals surface area contributed by atoms with Crippen molar-refractivity contribution in [2.24, 2.45) is 0 Å². The maximum Gasteiger partial charge on any atom is 0.416 e. The summed E-state index contributed by atoms with van der Waals surface area (Å²) in [4.78, 5) is 3.56. The fourth-order valence-electron chi connectivity index (χ4n) is 3.08. The Bertz CT molecular complexity index is 695. The van der Waals surface area contributed by atoms with Crippen LogP contribution in [0.2, 0.25) is 5.02 Å². The second kappa shape index (κ2) is 7.03. The predicted octanol–water partition coefficient (Wildman–Crippen LogP) is 3.26. The summed E-state index contributed by atoms with van der Waals surface area (Å²) in [6.45, 7) is 4.14. The molecule has 2 aromatic carbocycles. The number of benzene rings is 2. The summed E-state index contributed by atoms with van der Waals surface area (Å²) in [7, 11) is 0. The smallest absolute Gasteiger partial charge is 0.360 e. The van der Waals surface area contributed by atoms with E-state index in [1.807, 2.05) is 24.3 Å². The molecule has 0 aliphatic carbocycles. The first-order chi connectivity index (χ1) is 11.4. The number of rotatable bonds is 3. The van der Waals surface area contributed by atoms with Crippen LogP contribution in [0.5, 0.6) is 0 Å². The van der Waals surface area contributed by atoms with Gasteiger partial charge in [-0.1, -0.05) is 29.8 Å². The van der Waals surface area contributed by atoms with E-state index in [-0.39, 0.29) is 0 Å². The van der Waals surface area contributed by atoms with Crippen molar-refractivity contribution in [3.05, 3.63) is 64.7 Å². The number of hydrogen-bond acceptors (Lipinski definition) is 1. The van der Waals surface area contributed by atoms with Crippen molar-refractivity contribution in [3.63, 3.8) is 0 Å². The Hall–Kier alpha value is -1.72. The molecule has 0 aromatic heterocycles. The molecule has 0 amide bonds. The highest BCUT2D eigenvalue weighted by Crippen LogP contribution is 2.29. The van der Waals surface area contributed by atoms with Gasteiger partial charge in [-0.3, -0.25) is 0 Å². The fourth-order valence-corrected chi connectivity index (χ4v) is 3.26. The molecule has 1 aliphatic rings. The monoisotopic (exact) mass is 355 g/mol. The average Bonchev–Trinajstić information content (AvgIpc) is 2.55. The summed E-state index contributed by atoms with van der Waals surface area (Å²) in [5.41, 5.74) is 1.26. The highest BCUT2D eigenvalue weighted by molar-refractivity contribution is 6.30. The van der Waals surface area contributed by atoms with Crippen LogP contribution in [0.15, 0.2) is 48.5 Å². The molecule has 6 heteroatoms. The quantitative estimate of drug-likeness (QED) is 0.888. The van der Waals surface area contributed by atoms with Gasteiger partial charge in [-0.2, -0.15) is 13.2 Å². The van der Waals surface area contributed by atoms with Gasteiger partial charge in [-0.05, 0) is 30.3 Å². The molecular weight excluding hydrogens is 337 g/mol. The number of alkyl halides is 3. The zero-order valence-corrected chi connectivity index (χ0v) is 13.9. The lowest BCUT2D eigenvalue weighted by molar-refractivity contribution is -0.914. The Morgan fingerprint density at radius 2 is 1.71 bits per heavy atom. The normalized spacial score (nSPS) is 16.4. The van der Waals surface area contributed by atoms with Gasteiger partial charge in [-0.25, -0.2) is 0 Å². The van der Waals surface area contributed by atoms with Crippen LogP contribution in [0.1, 0.15) is 11.1 Å². The Morgan fingerprint density at radius 3 is 2.38 bits per heavy atom. The zero-order chi connectivity index (χ0) is 17.2. The minimum Gasteiger partial charge on any atom is -0.360 e. The van der Waals surface area contributed by atoms with Crippen molar-refractivity contribution in [2.45, 2.75) is 12.7 Å². The van der Waals surface area contributed by atoms with E-state index in [4.69, 9.17) is 11.6 Å². The van der Waals surface area contributed by atoms with E-state index in [0.29, 0.717) is 11.6 Å². The van der Waals surface area contributed by atoms with Crippen molar-refractivity contribution in [2.75, 3.05) is 31.1 Å². The molecule has 0 radical (unpaired) electrons. The van der Waals surface area contributed by atoms with E-state index in [2.05, 4.69) is 4.90 Å². The number of nitrogens with zero attached hydrogens (tertiary/aromatic N) is 1. The largest absolute Gasteiger partial charge is 0.416 e. The summed E-state index contributed by atoms with van der Waals surface area (Å²) in [5.74, 6) is 0. The Balaban J connectivity index is 1.60. The molecule has 24 heavy (non-hydrogen) atoms. The van der Waals surface area contributed by atoms with Gasteiger partial charge in [-0.15, -0.1) is 0 Å². The minimum absolute atomic E-state index is 0.572. The summed E-state index contributed by atoms with van der Waals surface area (Å²) in [6, 6.07) is 13.4. The Kier molecular flexibility index (Phi) is 5.01. The molecule has 2 aromatic rings. The molecule has 0 saturated carbocycles. The van der Waals surface area contributed by atoms with Crippen LogP contribution in [-0.4, -0.2) is 26.2 Å². The molecule has 1 aliphatic heterocycles. The van der Waals surface area contributed by atoms with Crippen molar-refractivity contribution in [1.29, 1.82) is 0 Å². The zero-order valence-electron chi connectivity index (χ0n) is 13.1. The van der Waals surface area contributed by atoms with E-state index < -0.39 is 11.7 Å². The van der Waals surface area contributed by atoms with E-state index in [9.17, 15) is 13.2 Å². The Morgan fingerprint density at radius 1 is 1.00 bits per heavy atom. The van der Waals surface area contributed by atoms with E-state index in [1.165, 1.54) is 17.0 Å². The molecule has 1 saturated heterocycles. The second-order valence-electron chi connectivity index (χ2n) is 6.09. The lowest BCUT2D eigenvalue weighted by atomic mass is 10.1. The van der Waals surface area contributed by atoms with Crippen LogP contribution in [0.25, 0.3) is 0 Å². The number of halogens is 4. The van der Waals surface area contributed by atoms with Crippen molar-refractivity contribution >= 4 is 17.3 Å². The van der Waals surface area contributed by atoms with Gasteiger partial charge >= 0.3 is 6.18 Å². The van der Waals surface area contributed by atoms with Gasteiger partial charge in [0.15, 0.2) is 0 Å². The molecule has 0 atom stereocenters. The van der Waals surface area contributed by atoms with E-state index >= 15 is 0 Å². The first kappa shape index (κ1) is 17.1. The lowest BCUT2D eigenvalue weighted by Crippen LogP contribution is -3.13. The van der Waals surface area contributed by atoms with E-state index in [1.54, 1.807) is 6.07 Å². The third kappa shape index (κ3) is 4.22. The molecule has 0 unspecified atom stereocenters. The van der Waals surface area contributed by atoms with Crippen LogP contribution < -0.4 is 9.80 Å². The highest BCUT2D eigenvalue weighted by Gasteiger charge is 2.30. The maximum atomic E-state index is 12.8. The first-order valence-corrected chi connectivity index (χ1v) is 8.30. The van der Waals surface area contributed by atoms with Crippen LogP contribution in [0, 0.1) is 0 Å².